The third kappa shape index (κ3) is 2.99. The number of fused-ring (bicyclic) bond motifs is 1. The first-order valence-electron chi connectivity index (χ1n) is 9.12. The van der Waals surface area contributed by atoms with Crippen LogP contribution in [-0.4, -0.2) is 45.9 Å². The number of carbonyl (C=O) groups is 1. The van der Waals surface area contributed by atoms with Gasteiger partial charge in [-0.25, -0.2) is 0 Å². The number of nitrogens with zero attached hydrogens (tertiary/aromatic N) is 2. The molecule has 5 heteroatoms. The van der Waals surface area contributed by atoms with Crippen LogP contribution in [0.5, 0.6) is 5.88 Å². The number of hydrogen-bond donors (Lipinski definition) is 1. The van der Waals surface area contributed by atoms with E-state index in [-0.39, 0.29) is 5.91 Å². The summed E-state index contributed by atoms with van der Waals surface area (Å²) in [6.45, 7) is 5.69. The number of piperidine rings is 1. The van der Waals surface area contributed by atoms with Gasteiger partial charge in [0.05, 0.1) is 6.54 Å². The first-order chi connectivity index (χ1) is 11.2. The molecule has 1 aliphatic carbocycles. The molecule has 0 spiro atoms. The van der Waals surface area contributed by atoms with Crippen molar-refractivity contribution < 1.29 is 9.53 Å². The fraction of sp³-hybridized carbons (Fsp3) is 0.722. The Morgan fingerprint density at radius 3 is 2.65 bits per heavy atom. The van der Waals surface area contributed by atoms with E-state index in [1.54, 1.807) is 0 Å². The van der Waals surface area contributed by atoms with Crippen LogP contribution >= 0.6 is 0 Å². The predicted molar refractivity (Wildman–Crippen MR) is 88.2 cm³/mol. The zero-order valence-corrected chi connectivity index (χ0v) is 14.0. The highest BCUT2D eigenvalue weighted by Crippen LogP contribution is 2.30. The van der Waals surface area contributed by atoms with Gasteiger partial charge < -0.3 is 19.5 Å². The van der Waals surface area contributed by atoms with Gasteiger partial charge in [0.1, 0.15) is 6.10 Å². The Hall–Kier alpha value is -1.49. The van der Waals surface area contributed by atoms with Crippen LogP contribution in [0, 0.1) is 0 Å². The first kappa shape index (κ1) is 15.1. The van der Waals surface area contributed by atoms with E-state index in [9.17, 15) is 4.79 Å². The molecule has 1 N–H and O–H groups in total. The van der Waals surface area contributed by atoms with Crippen molar-refractivity contribution in [3.05, 3.63) is 17.3 Å². The number of amides is 1. The summed E-state index contributed by atoms with van der Waals surface area (Å²) in [7, 11) is 0. The highest BCUT2D eigenvalue weighted by Gasteiger charge is 2.30. The molecular formula is C18H27N3O2. The van der Waals surface area contributed by atoms with Crippen molar-refractivity contribution in [2.75, 3.05) is 13.1 Å². The molecule has 5 nitrogen and oxygen atoms in total. The van der Waals surface area contributed by atoms with Gasteiger partial charge in [-0.3, -0.25) is 4.79 Å². The van der Waals surface area contributed by atoms with Crippen LogP contribution in [0.25, 0.3) is 0 Å². The second kappa shape index (κ2) is 6.19. The summed E-state index contributed by atoms with van der Waals surface area (Å²) in [5.41, 5.74) is 2.36. The summed E-state index contributed by atoms with van der Waals surface area (Å²) in [6.07, 6.45) is 7.35. The Bertz CT molecular complexity index is 547. The lowest BCUT2D eigenvalue weighted by Crippen LogP contribution is -2.46. The highest BCUT2D eigenvalue weighted by molar-refractivity contribution is 5.76. The Kier molecular flexibility index (Phi) is 4.05. The van der Waals surface area contributed by atoms with Gasteiger partial charge in [-0.05, 0) is 31.2 Å². The molecule has 4 rings (SSSR count). The molecule has 0 bridgehead atoms. The summed E-state index contributed by atoms with van der Waals surface area (Å²) >= 11 is 0. The number of rotatable bonds is 4. The van der Waals surface area contributed by atoms with Gasteiger partial charge in [0.25, 0.3) is 0 Å². The Morgan fingerprint density at radius 2 is 2.04 bits per heavy atom. The van der Waals surface area contributed by atoms with E-state index in [0.717, 1.165) is 37.0 Å². The molecule has 23 heavy (non-hydrogen) atoms. The van der Waals surface area contributed by atoms with E-state index in [0.29, 0.717) is 19.1 Å². The lowest BCUT2D eigenvalue weighted by molar-refractivity contribution is -0.131. The van der Waals surface area contributed by atoms with Crippen LogP contribution in [0.2, 0.25) is 0 Å². The lowest BCUT2D eigenvalue weighted by atomic mass is 9.90. The Balaban J connectivity index is 1.29. The van der Waals surface area contributed by atoms with E-state index in [4.69, 9.17) is 4.74 Å². The minimum atomic E-state index is 0.223. The van der Waals surface area contributed by atoms with Crippen LogP contribution in [0.4, 0.5) is 0 Å². The summed E-state index contributed by atoms with van der Waals surface area (Å²) in [5, 5.41) is 0. The molecule has 1 aromatic heterocycles. The van der Waals surface area contributed by atoms with Gasteiger partial charge in [0.15, 0.2) is 5.88 Å². The van der Waals surface area contributed by atoms with Crippen LogP contribution in [0.1, 0.15) is 56.7 Å². The number of aromatic amines is 1. The molecule has 3 aliphatic rings. The molecule has 1 amide bonds. The minimum Gasteiger partial charge on any atom is -0.476 e. The monoisotopic (exact) mass is 317 g/mol. The lowest BCUT2D eigenvalue weighted by Gasteiger charge is -2.41. The van der Waals surface area contributed by atoms with Crippen LogP contribution in [0.3, 0.4) is 0 Å². The number of ether oxygens (including phenoxy) is 1. The van der Waals surface area contributed by atoms with Crippen LogP contribution < -0.4 is 4.74 Å². The molecule has 126 valence electrons. The molecule has 2 aliphatic heterocycles. The number of likely N-dealkylation sites (tertiary alicyclic amines) is 1. The zero-order valence-electron chi connectivity index (χ0n) is 14.0. The standard InChI is InChI=1S/C18H27N3O2/c1-2-18(22)21-11-13-10-17(19-16(13)12-21)23-15-6-8-20(9-7-15)14-4-3-5-14/h10,14-15,19H,2-9,11-12H2,1H3. The predicted octanol–water partition coefficient (Wildman–Crippen LogP) is 2.66. The fourth-order valence-corrected chi connectivity index (χ4v) is 4.00. The smallest absolute Gasteiger partial charge is 0.222 e. The van der Waals surface area contributed by atoms with Gasteiger partial charge in [-0.2, -0.15) is 0 Å². The van der Waals surface area contributed by atoms with Crippen molar-refractivity contribution in [2.45, 2.75) is 70.7 Å². The largest absolute Gasteiger partial charge is 0.476 e. The molecule has 0 atom stereocenters. The summed E-state index contributed by atoms with van der Waals surface area (Å²) in [5.74, 6) is 1.11. The number of nitrogens with one attached hydrogen (secondary N) is 1. The average Bonchev–Trinajstić information content (AvgIpc) is 3.05. The first-order valence-corrected chi connectivity index (χ1v) is 9.12. The number of hydrogen-bond acceptors (Lipinski definition) is 3. The van der Waals surface area contributed by atoms with Gasteiger partial charge >= 0.3 is 0 Å². The summed E-state index contributed by atoms with van der Waals surface area (Å²) < 4.78 is 6.17. The highest BCUT2D eigenvalue weighted by atomic mass is 16.5. The maximum atomic E-state index is 11.8. The minimum absolute atomic E-state index is 0.223. The SMILES string of the molecule is CCC(=O)N1Cc2cc(OC3CCN(C4CCC4)CC3)[nH]c2C1. The molecule has 0 unspecified atom stereocenters. The molecule has 2 fully saturated rings. The van der Waals surface area contributed by atoms with Crippen molar-refractivity contribution in [3.63, 3.8) is 0 Å². The van der Waals surface area contributed by atoms with E-state index in [2.05, 4.69) is 16.0 Å². The van der Waals surface area contributed by atoms with Gasteiger partial charge in [-0.15, -0.1) is 0 Å². The van der Waals surface area contributed by atoms with Crippen molar-refractivity contribution in [1.29, 1.82) is 0 Å². The number of H-pyrrole nitrogens is 1. The quantitative estimate of drug-likeness (QED) is 0.929. The van der Waals surface area contributed by atoms with Crippen molar-refractivity contribution in [2.24, 2.45) is 0 Å². The topological polar surface area (TPSA) is 48.6 Å². The second-order valence-corrected chi connectivity index (χ2v) is 7.18. The number of aromatic nitrogens is 1. The van der Waals surface area contributed by atoms with Gasteiger partial charge in [0.2, 0.25) is 5.91 Å². The van der Waals surface area contributed by atoms with Crippen molar-refractivity contribution in [3.8, 4) is 5.88 Å². The van der Waals surface area contributed by atoms with Crippen LogP contribution in [-0.2, 0) is 17.9 Å². The molecular weight excluding hydrogens is 290 g/mol. The van der Waals surface area contributed by atoms with E-state index < -0.39 is 0 Å². The van der Waals surface area contributed by atoms with Crippen LogP contribution in [0.15, 0.2) is 6.07 Å². The van der Waals surface area contributed by atoms with Gasteiger partial charge in [0, 0.05) is 43.9 Å². The number of carbonyl (C=O) groups excluding carboxylic acids is 1. The molecule has 3 heterocycles. The Labute approximate surface area is 138 Å². The molecule has 1 saturated carbocycles. The summed E-state index contributed by atoms with van der Waals surface area (Å²) in [4.78, 5) is 19.7. The zero-order chi connectivity index (χ0) is 15.8. The third-order valence-electron chi connectivity index (χ3n) is 5.69. The molecule has 1 saturated heterocycles. The normalized spacial score (nSPS) is 22.9. The average molecular weight is 317 g/mol. The summed E-state index contributed by atoms with van der Waals surface area (Å²) in [6, 6.07) is 2.95. The van der Waals surface area contributed by atoms with E-state index in [1.165, 1.54) is 37.9 Å². The second-order valence-electron chi connectivity index (χ2n) is 7.18. The van der Waals surface area contributed by atoms with E-state index in [1.807, 2.05) is 11.8 Å². The molecule has 0 radical (unpaired) electrons. The molecule has 1 aromatic rings. The van der Waals surface area contributed by atoms with Crippen molar-refractivity contribution in [1.82, 2.24) is 14.8 Å². The maximum absolute atomic E-state index is 11.8. The third-order valence-corrected chi connectivity index (χ3v) is 5.69. The molecule has 0 aromatic carbocycles. The maximum Gasteiger partial charge on any atom is 0.222 e. The van der Waals surface area contributed by atoms with Crippen molar-refractivity contribution >= 4 is 5.91 Å². The fourth-order valence-electron chi connectivity index (χ4n) is 4.00. The van der Waals surface area contributed by atoms with Gasteiger partial charge in [-0.1, -0.05) is 13.3 Å². The van der Waals surface area contributed by atoms with E-state index >= 15 is 0 Å². The Morgan fingerprint density at radius 1 is 1.26 bits per heavy atom.